The third-order valence-corrected chi connectivity index (χ3v) is 3.92. The smallest absolute Gasteiger partial charge is 0.0806 e. The van der Waals surface area contributed by atoms with Crippen LogP contribution >= 0.6 is 0 Å². The molecule has 0 aliphatic carbocycles. The maximum Gasteiger partial charge on any atom is 0.0806 e. The van der Waals surface area contributed by atoms with Gasteiger partial charge in [0.1, 0.15) is 0 Å². The van der Waals surface area contributed by atoms with Crippen molar-refractivity contribution in [1.29, 1.82) is 0 Å². The highest BCUT2D eigenvalue weighted by Crippen LogP contribution is 2.20. The minimum atomic E-state index is -0.398. The van der Waals surface area contributed by atoms with Crippen LogP contribution < -0.4 is 4.90 Å². The zero-order chi connectivity index (χ0) is 15.2. The highest BCUT2D eigenvalue weighted by Gasteiger charge is 2.10. The molecule has 2 heteroatoms. The van der Waals surface area contributed by atoms with Crippen molar-refractivity contribution in [1.82, 2.24) is 0 Å². The molecule has 0 radical (unpaired) electrons. The summed E-state index contributed by atoms with van der Waals surface area (Å²) < 4.78 is 0. The van der Waals surface area contributed by atoms with Crippen LogP contribution in [-0.4, -0.2) is 18.2 Å². The summed E-state index contributed by atoms with van der Waals surface area (Å²) in [6, 6.07) is 16.7. The number of hydrogen-bond acceptors (Lipinski definition) is 2. The number of rotatable bonds is 6. The SMILES string of the molecule is CCN(CCC(O)c1ccc(C)cc1)c1ccc(C)cc1. The third kappa shape index (κ3) is 4.33. The van der Waals surface area contributed by atoms with E-state index in [9.17, 15) is 5.11 Å². The van der Waals surface area contributed by atoms with Gasteiger partial charge in [-0.1, -0.05) is 47.5 Å². The van der Waals surface area contributed by atoms with Gasteiger partial charge >= 0.3 is 0 Å². The minimum Gasteiger partial charge on any atom is -0.388 e. The van der Waals surface area contributed by atoms with Gasteiger partial charge in [-0.15, -0.1) is 0 Å². The summed E-state index contributed by atoms with van der Waals surface area (Å²) in [6.45, 7) is 8.12. The van der Waals surface area contributed by atoms with E-state index in [0.717, 1.165) is 25.1 Å². The Labute approximate surface area is 128 Å². The van der Waals surface area contributed by atoms with Crippen molar-refractivity contribution in [3.8, 4) is 0 Å². The first-order chi connectivity index (χ1) is 10.1. The largest absolute Gasteiger partial charge is 0.388 e. The predicted molar refractivity (Wildman–Crippen MR) is 89.8 cm³/mol. The predicted octanol–water partition coefficient (Wildman–Crippen LogP) is 4.25. The van der Waals surface area contributed by atoms with Crippen molar-refractivity contribution in [2.75, 3.05) is 18.0 Å². The van der Waals surface area contributed by atoms with Crippen LogP contribution in [0.2, 0.25) is 0 Å². The lowest BCUT2D eigenvalue weighted by molar-refractivity contribution is 0.169. The van der Waals surface area contributed by atoms with E-state index in [1.165, 1.54) is 16.8 Å². The van der Waals surface area contributed by atoms with Crippen LogP contribution in [0.1, 0.15) is 36.1 Å². The second kappa shape index (κ2) is 7.28. The molecule has 0 fully saturated rings. The van der Waals surface area contributed by atoms with Crippen LogP contribution in [0.25, 0.3) is 0 Å². The summed E-state index contributed by atoms with van der Waals surface area (Å²) in [7, 11) is 0. The fourth-order valence-electron chi connectivity index (χ4n) is 2.46. The molecular formula is C19H25NO. The number of aliphatic hydroxyl groups is 1. The average molecular weight is 283 g/mol. The van der Waals surface area contributed by atoms with Crippen LogP contribution in [-0.2, 0) is 0 Å². The fourth-order valence-corrected chi connectivity index (χ4v) is 2.46. The molecule has 0 aromatic heterocycles. The van der Waals surface area contributed by atoms with Crippen molar-refractivity contribution in [2.45, 2.75) is 33.3 Å². The molecule has 1 unspecified atom stereocenters. The maximum atomic E-state index is 10.3. The summed E-state index contributed by atoms with van der Waals surface area (Å²) in [5.74, 6) is 0. The highest BCUT2D eigenvalue weighted by atomic mass is 16.3. The molecular weight excluding hydrogens is 258 g/mol. The average Bonchev–Trinajstić information content (AvgIpc) is 2.50. The molecule has 0 amide bonds. The molecule has 2 aromatic carbocycles. The van der Waals surface area contributed by atoms with Gasteiger partial charge in [0, 0.05) is 18.8 Å². The number of nitrogens with zero attached hydrogens (tertiary/aromatic N) is 1. The number of aryl methyl sites for hydroxylation is 2. The zero-order valence-corrected chi connectivity index (χ0v) is 13.2. The van der Waals surface area contributed by atoms with E-state index in [0.29, 0.717) is 0 Å². The normalized spacial score (nSPS) is 12.2. The molecule has 2 rings (SSSR count). The summed E-state index contributed by atoms with van der Waals surface area (Å²) in [5.41, 5.74) is 4.72. The molecule has 21 heavy (non-hydrogen) atoms. The Hall–Kier alpha value is -1.80. The van der Waals surface area contributed by atoms with Crippen molar-refractivity contribution in [2.24, 2.45) is 0 Å². The van der Waals surface area contributed by atoms with Crippen LogP contribution in [0, 0.1) is 13.8 Å². The van der Waals surface area contributed by atoms with E-state index in [-0.39, 0.29) is 0 Å². The van der Waals surface area contributed by atoms with Gasteiger partial charge in [0.2, 0.25) is 0 Å². The van der Waals surface area contributed by atoms with E-state index >= 15 is 0 Å². The van der Waals surface area contributed by atoms with Crippen LogP contribution in [0.15, 0.2) is 48.5 Å². The second-order valence-corrected chi connectivity index (χ2v) is 5.63. The van der Waals surface area contributed by atoms with Gasteiger partial charge < -0.3 is 10.0 Å². The molecule has 0 bridgehead atoms. The zero-order valence-electron chi connectivity index (χ0n) is 13.2. The molecule has 0 spiro atoms. The molecule has 1 atom stereocenters. The van der Waals surface area contributed by atoms with E-state index in [2.05, 4.69) is 62.1 Å². The first-order valence-corrected chi connectivity index (χ1v) is 7.66. The Balaban J connectivity index is 1.96. The molecule has 0 saturated heterocycles. The minimum absolute atomic E-state index is 0.398. The summed E-state index contributed by atoms with van der Waals surface area (Å²) in [6.07, 6.45) is 0.343. The van der Waals surface area contributed by atoms with Crippen LogP contribution in [0.4, 0.5) is 5.69 Å². The molecule has 0 aliphatic rings. The fraction of sp³-hybridized carbons (Fsp3) is 0.368. The summed E-state index contributed by atoms with van der Waals surface area (Å²) in [5, 5.41) is 10.3. The first-order valence-electron chi connectivity index (χ1n) is 7.66. The summed E-state index contributed by atoms with van der Waals surface area (Å²) >= 11 is 0. The van der Waals surface area contributed by atoms with Gasteiger partial charge in [-0.05, 0) is 44.9 Å². The third-order valence-electron chi connectivity index (χ3n) is 3.92. The lowest BCUT2D eigenvalue weighted by atomic mass is 10.0. The molecule has 0 aliphatic heterocycles. The second-order valence-electron chi connectivity index (χ2n) is 5.63. The Morgan fingerprint density at radius 3 is 1.95 bits per heavy atom. The number of anilines is 1. The Bertz CT molecular complexity index is 545. The van der Waals surface area contributed by atoms with E-state index in [4.69, 9.17) is 0 Å². The standard InChI is InChI=1S/C19H25NO/c1-4-20(18-11-7-16(3)8-12-18)14-13-19(21)17-9-5-15(2)6-10-17/h5-12,19,21H,4,13-14H2,1-3H3. The topological polar surface area (TPSA) is 23.5 Å². The highest BCUT2D eigenvalue weighted by molar-refractivity contribution is 5.47. The van der Waals surface area contributed by atoms with Crippen molar-refractivity contribution < 1.29 is 5.11 Å². The lowest BCUT2D eigenvalue weighted by Gasteiger charge is -2.24. The molecule has 0 saturated carbocycles. The first kappa shape index (κ1) is 15.6. The molecule has 1 N–H and O–H groups in total. The molecule has 112 valence electrons. The number of aliphatic hydroxyl groups excluding tert-OH is 1. The quantitative estimate of drug-likeness (QED) is 0.856. The number of hydrogen-bond donors (Lipinski definition) is 1. The van der Waals surface area contributed by atoms with Gasteiger partial charge in [-0.3, -0.25) is 0 Å². The van der Waals surface area contributed by atoms with Crippen molar-refractivity contribution in [3.05, 3.63) is 65.2 Å². The van der Waals surface area contributed by atoms with Crippen molar-refractivity contribution in [3.63, 3.8) is 0 Å². The van der Waals surface area contributed by atoms with E-state index < -0.39 is 6.10 Å². The molecule has 2 nitrogen and oxygen atoms in total. The van der Waals surface area contributed by atoms with Gasteiger partial charge in [0.25, 0.3) is 0 Å². The lowest BCUT2D eigenvalue weighted by Crippen LogP contribution is -2.25. The monoisotopic (exact) mass is 283 g/mol. The van der Waals surface area contributed by atoms with Gasteiger partial charge in [-0.25, -0.2) is 0 Å². The van der Waals surface area contributed by atoms with E-state index in [1.807, 2.05) is 12.1 Å². The van der Waals surface area contributed by atoms with Crippen LogP contribution in [0.5, 0.6) is 0 Å². The molecule has 2 aromatic rings. The van der Waals surface area contributed by atoms with Gasteiger partial charge in [0.05, 0.1) is 6.10 Å². The van der Waals surface area contributed by atoms with E-state index in [1.54, 1.807) is 0 Å². The van der Waals surface area contributed by atoms with Gasteiger partial charge in [-0.2, -0.15) is 0 Å². The van der Waals surface area contributed by atoms with Crippen molar-refractivity contribution >= 4 is 5.69 Å². The van der Waals surface area contributed by atoms with Gasteiger partial charge in [0.15, 0.2) is 0 Å². The van der Waals surface area contributed by atoms with Crippen LogP contribution in [0.3, 0.4) is 0 Å². The number of benzene rings is 2. The molecule has 0 heterocycles. The Morgan fingerprint density at radius 1 is 0.905 bits per heavy atom. The Kier molecular flexibility index (Phi) is 5.40. The summed E-state index contributed by atoms with van der Waals surface area (Å²) in [4.78, 5) is 2.30. The Morgan fingerprint density at radius 2 is 1.43 bits per heavy atom. The maximum absolute atomic E-state index is 10.3.